The summed E-state index contributed by atoms with van der Waals surface area (Å²) in [5.41, 5.74) is -0.619. The summed E-state index contributed by atoms with van der Waals surface area (Å²) in [5, 5.41) is 18.8. The Labute approximate surface area is 102 Å². The molecule has 4 heteroatoms. The van der Waals surface area contributed by atoms with Crippen molar-refractivity contribution in [1.29, 1.82) is 0 Å². The molecular formula is C13H22O4. The highest BCUT2D eigenvalue weighted by Gasteiger charge is 2.47. The maximum Gasteiger partial charge on any atom is 0.332 e. The summed E-state index contributed by atoms with van der Waals surface area (Å²) >= 11 is 0. The van der Waals surface area contributed by atoms with Gasteiger partial charge in [-0.1, -0.05) is 33.3 Å². The summed E-state index contributed by atoms with van der Waals surface area (Å²) in [6, 6.07) is 0. The zero-order valence-corrected chi connectivity index (χ0v) is 11.2. The highest BCUT2D eigenvalue weighted by molar-refractivity contribution is 5.97. The van der Waals surface area contributed by atoms with Crippen molar-refractivity contribution in [2.45, 2.75) is 47.5 Å². The van der Waals surface area contributed by atoms with E-state index in [4.69, 9.17) is 0 Å². The Morgan fingerprint density at radius 3 is 1.82 bits per heavy atom. The lowest BCUT2D eigenvalue weighted by atomic mass is 9.67. The van der Waals surface area contributed by atoms with Gasteiger partial charge in [0.25, 0.3) is 0 Å². The van der Waals surface area contributed by atoms with Gasteiger partial charge in [-0.2, -0.15) is 0 Å². The maximum atomic E-state index is 11.6. The molecule has 0 aromatic heterocycles. The van der Waals surface area contributed by atoms with Crippen LogP contribution in [0.5, 0.6) is 0 Å². The highest BCUT2D eigenvalue weighted by atomic mass is 16.4. The molecule has 2 N–H and O–H groups in total. The molecule has 17 heavy (non-hydrogen) atoms. The van der Waals surface area contributed by atoms with E-state index in [0.29, 0.717) is 12.0 Å². The fourth-order valence-electron chi connectivity index (χ4n) is 2.31. The first-order valence-electron chi connectivity index (χ1n) is 5.92. The third-order valence-corrected chi connectivity index (χ3v) is 3.54. The molecule has 0 heterocycles. The second kappa shape index (κ2) is 5.84. The molecule has 0 amide bonds. The monoisotopic (exact) mass is 242 g/mol. The first-order chi connectivity index (χ1) is 7.75. The van der Waals surface area contributed by atoms with Crippen molar-refractivity contribution in [3.63, 3.8) is 0 Å². The third kappa shape index (κ3) is 2.68. The Balaban J connectivity index is 6.07. The number of carbonyl (C=O) groups is 2. The van der Waals surface area contributed by atoms with E-state index in [1.165, 1.54) is 0 Å². The molecule has 0 spiro atoms. The van der Waals surface area contributed by atoms with Crippen LogP contribution in [0.25, 0.3) is 0 Å². The second-order valence-electron chi connectivity index (χ2n) is 4.60. The molecule has 0 fully saturated rings. The van der Waals surface area contributed by atoms with E-state index in [1.807, 2.05) is 6.92 Å². The standard InChI is InChI=1S/C13H22O4/c1-6-9(5)10(11(14)15)13(7-2,8(3)4)12(16)17/h8H,6-7H2,1-5H3,(H,14,15)(H,16,17). The van der Waals surface area contributed by atoms with Gasteiger partial charge in [0.2, 0.25) is 0 Å². The number of rotatable bonds is 6. The van der Waals surface area contributed by atoms with Crippen LogP contribution in [-0.2, 0) is 9.59 Å². The summed E-state index contributed by atoms with van der Waals surface area (Å²) < 4.78 is 0. The van der Waals surface area contributed by atoms with Crippen LogP contribution in [0.15, 0.2) is 11.1 Å². The molecule has 1 atom stereocenters. The van der Waals surface area contributed by atoms with E-state index >= 15 is 0 Å². The number of aliphatic carboxylic acids is 2. The van der Waals surface area contributed by atoms with Gasteiger partial charge < -0.3 is 10.2 Å². The van der Waals surface area contributed by atoms with Crippen LogP contribution in [0.3, 0.4) is 0 Å². The normalized spacial score (nSPS) is 16.4. The maximum absolute atomic E-state index is 11.6. The molecule has 0 radical (unpaired) electrons. The lowest BCUT2D eigenvalue weighted by Crippen LogP contribution is -2.41. The molecule has 0 saturated heterocycles. The first kappa shape index (κ1) is 15.7. The number of allylic oxidation sites excluding steroid dienone is 1. The van der Waals surface area contributed by atoms with Gasteiger partial charge in [-0.25, -0.2) is 4.79 Å². The van der Waals surface area contributed by atoms with Gasteiger partial charge in [0.05, 0.1) is 5.57 Å². The zero-order valence-electron chi connectivity index (χ0n) is 11.2. The Bertz CT molecular complexity index is 341. The average molecular weight is 242 g/mol. The van der Waals surface area contributed by atoms with Crippen LogP contribution >= 0.6 is 0 Å². The van der Waals surface area contributed by atoms with Crippen LogP contribution in [0.4, 0.5) is 0 Å². The largest absolute Gasteiger partial charge is 0.481 e. The van der Waals surface area contributed by atoms with E-state index in [0.717, 1.165) is 0 Å². The molecule has 0 aromatic carbocycles. The zero-order chi connectivity index (χ0) is 13.8. The van der Waals surface area contributed by atoms with Gasteiger partial charge in [0.15, 0.2) is 0 Å². The van der Waals surface area contributed by atoms with Crippen LogP contribution in [0.1, 0.15) is 47.5 Å². The van der Waals surface area contributed by atoms with Crippen LogP contribution in [0, 0.1) is 11.3 Å². The minimum atomic E-state index is -1.30. The summed E-state index contributed by atoms with van der Waals surface area (Å²) in [4.78, 5) is 23.0. The molecule has 0 rings (SSSR count). The second-order valence-corrected chi connectivity index (χ2v) is 4.60. The minimum Gasteiger partial charge on any atom is -0.481 e. The SMILES string of the molecule is CCC(C)=C(C(=O)O)C(CC)(C(=O)O)C(C)C. The van der Waals surface area contributed by atoms with Crippen LogP contribution in [0.2, 0.25) is 0 Å². The van der Waals surface area contributed by atoms with Gasteiger partial charge >= 0.3 is 11.9 Å². The molecule has 0 aliphatic heterocycles. The van der Waals surface area contributed by atoms with E-state index in [1.54, 1.807) is 27.7 Å². The van der Waals surface area contributed by atoms with Crippen molar-refractivity contribution in [2.24, 2.45) is 11.3 Å². The molecule has 0 bridgehead atoms. The fourth-order valence-corrected chi connectivity index (χ4v) is 2.31. The van der Waals surface area contributed by atoms with Gasteiger partial charge in [0.1, 0.15) is 5.41 Å². The van der Waals surface area contributed by atoms with Gasteiger partial charge in [-0.15, -0.1) is 0 Å². The summed E-state index contributed by atoms with van der Waals surface area (Å²) in [6.45, 7) is 8.76. The lowest BCUT2D eigenvalue weighted by molar-refractivity contribution is -0.153. The number of carboxylic acids is 2. The fraction of sp³-hybridized carbons (Fsp3) is 0.692. The Kier molecular flexibility index (Phi) is 5.39. The number of hydrogen-bond acceptors (Lipinski definition) is 2. The Morgan fingerprint density at radius 1 is 1.18 bits per heavy atom. The first-order valence-corrected chi connectivity index (χ1v) is 5.92. The predicted molar refractivity (Wildman–Crippen MR) is 65.8 cm³/mol. The smallest absolute Gasteiger partial charge is 0.332 e. The molecule has 0 saturated carbocycles. The van der Waals surface area contributed by atoms with E-state index in [-0.39, 0.29) is 17.9 Å². The van der Waals surface area contributed by atoms with Crippen LogP contribution < -0.4 is 0 Å². The molecule has 0 aliphatic rings. The summed E-state index contributed by atoms with van der Waals surface area (Å²) in [7, 11) is 0. The minimum absolute atomic E-state index is 0.0463. The Morgan fingerprint density at radius 2 is 1.65 bits per heavy atom. The van der Waals surface area contributed by atoms with Crippen LogP contribution in [-0.4, -0.2) is 22.2 Å². The van der Waals surface area contributed by atoms with Crippen molar-refractivity contribution in [3.05, 3.63) is 11.1 Å². The predicted octanol–water partition coefficient (Wildman–Crippen LogP) is 2.93. The van der Waals surface area contributed by atoms with Crippen molar-refractivity contribution >= 4 is 11.9 Å². The molecule has 98 valence electrons. The quantitative estimate of drug-likeness (QED) is 0.702. The molecular weight excluding hydrogens is 220 g/mol. The summed E-state index contributed by atoms with van der Waals surface area (Å²) in [5.74, 6) is -2.44. The van der Waals surface area contributed by atoms with Crippen molar-refractivity contribution in [2.75, 3.05) is 0 Å². The topological polar surface area (TPSA) is 74.6 Å². The molecule has 0 aromatic rings. The van der Waals surface area contributed by atoms with Crippen molar-refractivity contribution in [1.82, 2.24) is 0 Å². The number of hydrogen-bond donors (Lipinski definition) is 2. The average Bonchev–Trinajstić information content (AvgIpc) is 2.22. The van der Waals surface area contributed by atoms with Gasteiger partial charge in [0, 0.05) is 0 Å². The Hall–Kier alpha value is -1.32. The van der Waals surface area contributed by atoms with Gasteiger partial charge in [-0.05, 0) is 25.7 Å². The lowest BCUT2D eigenvalue weighted by Gasteiger charge is -2.34. The summed E-state index contributed by atoms with van der Waals surface area (Å²) in [6.07, 6.45) is 0.822. The molecule has 1 unspecified atom stereocenters. The molecule has 0 aliphatic carbocycles. The highest BCUT2D eigenvalue weighted by Crippen LogP contribution is 2.41. The van der Waals surface area contributed by atoms with E-state index in [2.05, 4.69) is 0 Å². The van der Waals surface area contributed by atoms with Gasteiger partial charge in [-0.3, -0.25) is 4.79 Å². The van der Waals surface area contributed by atoms with E-state index < -0.39 is 17.4 Å². The van der Waals surface area contributed by atoms with Crippen molar-refractivity contribution in [3.8, 4) is 0 Å². The number of carboxylic acid groups (broad SMARTS) is 2. The third-order valence-electron chi connectivity index (χ3n) is 3.54. The van der Waals surface area contributed by atoms with Crippen molar-refractivity contribution < 1.29 is 19.8 Å². The van der Waals surface area contributed by atoms with E-state index in [9.17, 15) is 19.8 Å². The molecule has 4 nitrogen and oxygen atoms in total.